The maximum absolute atomic E-state index is 5.95. The number of likely N-dealkylation sites (N-methyl/N-ethyl adjacent to an activating group) is 2. The van der Waals surface area contributed by atoms with E-state index in [1.807, 2.05) is 18.2 Å². The van der Waals surface area contributed by atoms with Gasteiger partial charge >= 0.3 is 0 Å². The fraction of sp³-hybridized carbons (Fsp3) is 0.500. The zero-order valence-corrected chi connectivity index (χ0v) is 9.90. The minimum Gasteiger partial charge on any atom is -0.397 e. The normalized spacial score (nSPS) is 10.7. The first-order valence-corrected chi connectivity index (χ1v) is 5.39. The van der Waals surface area contributed by atoms with Crippen LogP contribution in [0.15, 0.2) is 24.3 Å². The zero-order chi connectivity index (χ0) is 11.3. The lowest BCUT2D eigenvalue weighted by atomic mass is 10.2. The quantitative estimate of drug-likeness (QED) is 0.745. The van der Waals surface area contributed by atoms with Crippen molar-refractivity contribution in [2.45, 2.75) is 6.92 Å². The van der Waals surface area contributed by atoms with Crippen LogP contribution in [0.1, 0.15) is 6.92 Å². The van der Waals surface area contributed by atoms with Gasteiger partial charge in [0, 0.05) is 19.6 Å². The average molecular weight is 207 g/mol. The van der Waals surface area contributed by atoms with E-state index in [-0.39, 0.29) is 0 Å². The van der Waals surface area contributed by atoms with Gasteiger partial charge in [-0.1, -0.05) is 12.1 Å². The summed E-state index contributed by atoms with van der Waals surface area (Å²) in [5.74, 6) is 0. The molecule has 0 aliphatic rings. The van der Waals surface area contributed by atoms with Crippen LogP contribution in [-0.2, 0) is 0 Å². The van der Waals surface area contributed by atoms with Gasteiger partial charge in [0.25, 0.3) is 0 Å². The summed E-state index contributed by atoms with van der Waals surface area (Å²) in [6.45, 7) is 5.20. The second kappa shape index (κ2) is 5.61. The third kappa shape index (κ3) is 3.44. The molecular weight excluding hydrogens is 186 g/mol. The number of benzene rings is 1. The molecular formula is C12H21N3. The van der Waals surface area contributed by atoms with Gasteiger partial charge in [0.1, 0.15) is 0 Å². The van der Waals surface area contributed by atoms with Gasteiger partial charge in [0.2, 0.25) is 0 Å². The van der Waals surface area contributed by atoms with Gasteiger partial charge in [-0.05, 0) is 33.2 Å². The molecule has 0 saturated heterocycles. The predicted octanol–water partition coefficient (Wildman–Crippen LogP) is 1.66. The van der Waals surface area contributed by atoms with Gasteiger partial charge in [-0.25, -0.2) is 0 Å². The fourth-order valence-corrected chi connectivity index (χ4v) is 1.55. The molecule has 0 spiro atoms. The molecule has 2 N–H and O–H groups in total. The summed E-state index contributed by atoms with van der Waals surface area (Å²) in [6, 6.07) is 8.03. The lowest BCUT2D eigenvalue weighted by Gasteiger charge is -2.26. The molecule has 0 atom stereocenters. The number of nitrogens with zero attached hydrogens (tertiary/aromatic N) is 2. The van der Waals surface area contributed by atoms with E-state index in [4.69, 9.17) is 5.73 Å². The molecule has 84 valence electrons. The monoisotopic (exact) mass is 207 g/mol. The Hall–Kier alpha value is -1.22. The van der Waals surface area contributed by atoms with Crippen molar-refractivity contribution in [3.63, 3.8) is 0 Å². The maximum Gasteiger partial charge on any atom is 0.0600 e. The lowest BCUT2D eigenvalue weighted by molar-refractivity contribution is 0.414. The van der Waals surface area contributed by atoms with Crippen LogP contribution in [0.4, 0.5) is 11.4 Å². The number of hydrogen-bond acceptors (Lipinski definition) is 3. The van der Waals surface area contributed by atoms with Crippen LogP contribution in [0.25, 0.3) is 0 Å². The van der Waals surface area contributed by atoms with E-state index in [2.05, 4.69) is 36.9 Å². The Kier molecular flexibility index (Phi) is 4.43. The van der Waals surface area contributed by atoms with Gasteiger partial charge in [0.15, 0.2) is 0 Å². The molecule has 0 aliphatic carbocycles. The van der Waals surface area contributed by atoms with Crippen LogP contribution in [-0.4, -0.2) is 38.6 Å². The third-order valence-electron chi connectivity index (χ3n) is 2.48. The second-order valence-electron chi connectivity index (χ2n) is 3.94. The topological polar surface area (TPSA) is 32.5 Å². The summed E-state index contributed by atoms with van der Waals surface area (Å²) in [5.41, 5.74) is 7.95. The Bertz CT molecular complexity index is 297. The number of nitrogens with two attached hydrogens (primary N) is 1. The van der Waals surface area contributed by atoms with Crippen molar-refractivity contribution in [2.24, 2.45) is 0 Å². The minimum absolute atomic E-state index is 0.859. The van der Waals surface area contributed by atoms with Crippen molar-refractivity contribution in [1.82, 2.24) is 4.90 Å². The molecule has 3 nitrogen and oxygen atoms in total. The van der Waals surface area contributed by atoms with E-state index in [0.717, 1.165) is 31.0 Å². The summed E-state index contributed by atoms with van der Waals surface area (Å²) < 4.78 is 0. The number of para-hydroxylation sites is 2. The number of hydrogen-bond donors (Lipinski definition) is 1. The van der Waals surface area contributed by atoms with E-state index in [9.17, 15) is 0 Å². The van der Waals surface area contributed by atoms with Crippen molar-refractivity contribution in [2.75, 3.05) is 44.4 Å². The molecule has 1 aromatic rings. The van der Waals surface area contributed by atoms with Crippen LogP contribution in [0.5, 0.6) is 0 Å². The smallest absolute Gasteiger partial charge is 0.0600 e. The van der Waals surface area contributed by atoms with Gasteiger partial charge in [-0.15, -0.1) is 0 Å². The molecule has 0 aromatic heterocycles. The average Bonchev–Trinajstić information content (AvgIpc) is 2.21. The first-order chi connectivity index (χ1) is 7.15. The van der Waals surface area contributed by atoms with E-state index in [0.29, 0.717) is 0 Å². The lowest BCUT2D eigenvalue weighted by Crippen LogP contribution is -2.31. The molecule has 0 radical (unpaired) electrons. The summed E-state index contributed by atoms with van der Waals surface area (Å²) in [5, 5.41) is 0. The third-order valence-corrected chi connectivity index (χ3v) is 2.48. The highest BCUT2D eigenvalue weighted by Crippen LogP contribution is 2.21. The highest BCUT2D eigenvalue weighted by atomic mass is 15.2. The highest BCUT2D eigenvalue weighted by molar-refractivity contribution is 5.67. The Labute approximate surface area is 92.5 Å². The molecule has 0 fully saturated rings. The molecule has 1 aromatic carbocycles. The summed E-state index contributed by atoms with van der Waals surface area (Å²) in [7, 11) is 4.17. The Balaban J connectivity index is 2.70. The first-order valence-electron chi connectivity index (χ1n) is 5.39. The molecule has 0 amide bonds. The molecule has 0 aliphatic heterocycles. The van der Waals surface area contributed by atoms with Gasteiger partial charge < -0.3 is 15.5 Å². The van der Waals surface area contributed by atoms with E-state index in [1.54, 1.807) is 0 Å². The fourth-order valence-electron chi connectivity index (χ4n) is 1.55. The van der Waals surface area contributed by atoms with Crippen molar-refractivity contribution in [3.8, 4) is 0 Å². The van der Waals surface area contributed by atoms with Crippen molar-refractivity contribution in [3.05, 3.63) is 24.3 Å². The second-order valence-corrected chi connectivity index (χ2v) is 3.94. The molecule has 15 heavy (non-hydrogen) atoms. The summed E-state index contributed by atoms with van der Waals surface area (Å²) in [4.78, 5) is 4.48. The maximum atomic E-state index is 5.95. The van der Waals surface area contributed by atoms with Crippen LogP contribution in [0.2, 0.25) is 0 Å². The molecule has 0 heterocycles. The van der Waals surface area contributed by atoms with E-state index < -0.39 is 0 Å². The van der Waals surface area contributed by atoms with E-state index >= 15 is 0 Å². The molecule has 3 heteroatoms. The Morgan fingerprint density at radius 3 is 2.33 bits per heavy atom. The van der Waals surface area contributed by atoms with Crippen molar-refractivity contribution >= 4 is 11.4 Å². The Morgan fingerprint density at radius 1 is 1.13 bits per heavy atom. The van der Waals surface area contributed by atoms with Crippen LogP contribution < -0.4 is 10.6 Å². The van der Waals surface area contributed by atoms with Crippen molar-refractivity contribution < 1.29 is 0 Å². The van der Waals surface area contributed by atoms with Crippen LogP contribution in [0, 0.1) is 0 Å². The van der Waals surface area contributed by atoms with Crippen LogP contribution >= 0.6 is 0 Å². The molecule has 1 rings (SSSR count). The largest absolute Gasteiger partial charge is 0.397 e. The number of anilines is 2. The molecule has 0 unspecified atom stereocenters. The van der Waals surface area contributed by atoms with Crippen molar-refractivity contribution in [1.29, 1.82) is 0 Å². The zero-order valence-electron chi connectivity index (χ0n) is 9.90. The van der Waals surface area contributed by atoms with Crippen LogP contribution in [0.3, 0.4) is 0 Å². The molecule has 0 saturated carbocycles. The number of rotatable bonds is 5. The van der Waals surface area contributed by atoms with Gasteiger partial charge in [0.05, 0.1) is 11.4 Å². The minimum atomic E-state index is 0.859. The van der Waals surface area contributed by atoms with Gasteiger partial charge in [-0.3, -0.25) is 0 Å². The highest BCUT2D eigenvalue weighted by Gasteiger charge is 2.06. The summed E-state index contributed by atoms with van der Waals surface area (Å²) >= 11 is 0. The Morgan fingerprint density at radius 2 is 1.80 bits per heavy atom. The SMILES string of the molecule is CCN(CCN(C)C)c1ccccc1N. The van der Waals surface area contributed by atoms with Gasteiger partial charge in [-0.2, -0.15) is 0 Å². The molecule has 0 bridgehead atoms. The first kappa shape index (κ1) is 11.9. The predicted molar refractivity (Wildman–Crippen MR) is 67.3 cm³/mol. The summed E-state index contributed by atoms with van der Waals surface area (Å²) in [6.07, 6.45) is 0. The van der Waals surface area contributed by atoms with E-state index in [1.165, 1.54) is 0 Å². The number of nitrogen functional groups attached to an aromatic ring is 1. The standard InChI is InChI=1S/C12H21N3/c1-4-15(10-9-14(2)3)12-8-6-5-7-11(12)13/h5-8H,4,9-10,13H2,1-3H3.